The van der Waals surface area contributed by atoms with Crippen LogP contribution in [0.3, 0.4) is 0 Å². The van der Waals surface area contributed by atoms with Crippen molar-refractivity contribution in [3.63, 3.8) is 0 Å². The number of aryl methyl sites for hydroxylation is 1. The van der Waals surface area contributed by atoms with E-state index in [4.69, 9.17) is 17.3 Å². The summed E-state index contributed by atoms with van der Waals surface area (Å²) in [6.07, 6.45) is 0. The van der Waals surface area contributed by atoms with Crippen LogP contribution in [0.4, 0.5) is 15.8 Å². The fourth-order valence-electron chi connectivity index (χ4n) is 1.73. The average molecular weight is 315 g/mol. The first kappa shape index (κ1) is 14.6. The molecule has 0 bridgehead atoms. The quantitative estimate of drug-likeness (QED) is 0.855. The Balaban J connectivity index is 2.43. The molecule has 0 aromatic heterocycles. The van der Waals surface area contributed by atoms with Crippen molar-refractivity contribution in [2.75, 3.05) is 10.5 Å². The molecule has 0 unspecified atom stereocenters. The Morgan fingerprint density at radius 2 is 1.90 bits per heavy atom. The van der Waals surface area contributed by atoms with Gasteiger partial charge in [0.15, 0.2) is 0 Å². The van der Waals surface area contributed by atoms with Gasteiger partial charge in [0.05, 0.1) is 10.7 Å². The number of anilines is 2. The van der Waals surface area contributed by atoms with Gasteiger partial charge in [0.25, 0.3) is 10.0 Å². The van der Waals surface area contributed by atoms with Gasteiger partial charge in [-0.3, -0.25) is 4.72 Å². The Hall–Kier alpha value is -1.79. The fourth-order valence-corrected chi connectivity index (χ4v) is 3.31. The van der Waals surface area contributed by atoms with Crippen molar-refractivity contribution in [1.29, 1.82) is 0 Å². The van der Waals surface area contributed by atoms with Crippen LogP contribution in [0.2, 0.25) is 5.02 Å². The van der Waals surface area contributed by atoms with E-state index in [2.05, 4.69) is 4.72 Å². The third-order valence-electron chi connectivity index (χ3n) is 2.54. The zero-order chi connectivity index (χ0) is 14.9. The van der Waals surface area contributed by atoms with Crippen molar-refractivity contribution in [2.24, 2.45) is 0 Å². The van der Waals surface area contributed by atoms with E-state index in [0.29, 0.717) is 5.56 Å². The zero-order valence-electron chi connectivity index (χ0n) is 10.5. The number of benzene rings is 2. The maximum absolute atomic E-state index is 13.3. The summed E-state index contributed by atoms with van der Waals surface area (Å²) in [5.41, 5.74) is 6.55. The van der Waals surface area contributed by atoms with Crippen LogP contribution in [0, 0.1) is 12.7 Å². The molecule has 0 spiro atoms. The minimum atomic E-state index is -3.93. The monoisotopic (exact) mass is 314 g/mol. The molecular formula is C13H12ClFN2O2S. The first-order valence-electron chi connectivity index (χ1n) is 5.63. The maximum atomic E-state index is 13.3. The molecule has 3 N–H and O–H groups in total. The molecule has 0 saturated carbocycles. The van der Waals surface area contributed by atoms with E-state index in [1.807, 2.05) is 0 Å². The molecule has 0 aliphatic carbocycles. The molecule has 0 aliphatic rings. The smallest absolute Gasteiger partial charge is 0.263 e. The second-order valence-corrected chi connectivity index (χ2v) is 6.37. The van der Waals surface area contributed by atoms with E-state index in [-0.39, 0.29) is 21.3 Å². The number of nitrogens with one attached hydrogen (secondary N) is 1. The molecule has 106 valence electrons. The van der Waals surface area contributed by atoms with Gasteiger partial charge in [-0.2, -0.15) is 0 Å². The number of hydrogen-bond donors (Lipinski definition) is 2. The highest BCUT2D eigenvalue weighted by Gasteiger charge is 2.18. The highest BCUT2D eigenvalue weighted by atomic mass is 35.5. The zero-order valence-corrected chi connectivity index (χ0v) is 12.1. The molecule has 2 rings (SSSR count). The molecule has 0 radical (unpaired) electrons. The summed E-state index contributed by atoms with van der Waals surface area (Å²) in [5, 5.41) is 0.0415. The lowest BCUT2D eigenvalue weighted by Gasteiger charge is -2.11. The Labute approximate surface area is 121 Å². The van der Waals surface area contributed by atoms with Crippen LogP contribution in [0.25, 0.3) is 0 Å². The number of rotatable bonds is 3. The third-order valence-corrected chi connectivity index (χ3v) is 4.40. The SMILES string of the molecule is Cc1cc(F)cc(NS(=O)(=O)c2cc(N)ccc2Cl)c1. The Morgan fingerprint density at radius 3 is 2.55 bits per heavy atom. The van der Waals surface area contributed by atoms with Crippen LogP contribution >= 0.6 is 11.6 Å². The van der Waals surface area contributed by atoms with E-state index >= 15 is 0 Å². The minimum Gasteiger partial charge on any atom is -0.399 e. The van der Waals surface area contributed by atoms with Crippen LogP contribution in [0.5, 0.6) is 0 Å². The summed E-state index contributed by atoms with van der Waals surface area (Å²) >= 11 is 5.86. The predicted molar refractivity (Wildman–Crippen MR) is 77.8 cm³/mol. The maximum Gasteiger partial charge on any atom is 0.263 e. The molecule has 4 nitrogen and oxygen atoms in total. The molecular weight excluding hydrogens is 303 g/mol. The van der Waals surface area contributed by atoms with Crippen LogP contribution in [0.15, 0.2) is 41.3 Å². The van der Waals surface area contributed by atoms with E-state index < -0.39 is 15.8 Å². The number of hydrogen-bond acceptors (Lipinski definition) is 3. The fraction of sp³-hybridized carbons (Fsp3) is 0.0769. The van der Waals surface area contributed by atoms with E-state index in [0.717, 1.165) is 6.07 Å². The lowest BCUT2D eigenvalue weighted by Crippen LogP contribution is -2.14. The molecule has 2 aromatic rings. The van der Waals surface area contributed by atoms with Crippen LogP contribution in [-0.4, -0.2) is 8.42 Å². The molecule has 0 aliphatic heterocycles. The van der Waals surface area contributed by atoms with E-state index in [1.54, 1.807) is 6.92 Å². The summed E-state index contributed by atoms with van der Waals surface area (Å²) < 4.78 is 40.0. The van der Waals surface area contributed by atoms with Crippen LogP contribution in [-0.2, 0) is 10.0 Å². The van der Waals surface area contributed by atoms with Gasteiger partial charge in [-0.25, -0.2) is 12.8 Å². The van der Waals surface area contributed by atoms with Gasteiger partial charge < -0.3 is 5.73 Å². The summed E-state index contributed by atoms with van der Waals surface area (Å²) in [5.74, 6) is -0.527. The molecule has 0 fully saturated rings. The van der Waals surface area contributed by atoms with Gasteiger partial charge in [-0.1, -0.05) is 11.6 Å². The van der Waals surface area contributed by atoms with E-state index in [1.165, 1.54) is 30.3 Å². The van der Waals surface area contributed by atoms with Gasteiger partial charge in [0.1, 0.15) is 10.7 Å². The first-order valence-corrected chi connectivity index (χ1v) is 7.49. The number of halogens is 2. The van der Waals surface area contributed by atoms with Crippen LogP contribution < -0.4 is 10.5 Å². The topological polar surface area (TPSA) is 72.2 Å². The summed E-state index contributed by atoms with van der Waals surface area (Å²) in [6, 6.07) is 8.03. The predicted octanol–water partition coefficient (Wildman–Crippen LogP) is 3.17. The molecule has 0 heterocycles. The van der Waals surface area contributed by atoms with Crippen molar-refractivity contribution < 1.29 is 12.8 Å². The highest BCUT2D eigenvalue weighted by molar-refractivity contribution is 7.92. The molecule has 0 amide bonds. The van der Waals surface area contributed by atoms with Crippen molar-refractivity contribution in [3.8, 4) is 0 Å². The van der Waals surface area contributed by atoms with Crippen LogP contribution in [0.1, 0.15) is 5.56 Å². The number of sulfonamides is 1. The lowest BCUT2D eigenvalue weighted by atomic mass is 10.2. The standard InChI is InChI=1S/C13H12ClFN2O2S/c1-8-4-9(15)6-11(5-8)17-20(18,19)13-7-10(16)2-3-12(13)14/h2-7,17H,16H2,1H3. The van der Waals surface area contributed by atoms with Crippen molar-refractivity contribution in [3.05, 3.63) is 52.8 Å². The molecule has 7 heteroatoms. The number of nitrogen functional groups attached to an aromatic ring is 1. The summed E-state index contributed by atoms with van der Waals surface area (Å²) in [7, 11) is -3.93. The lowest BCUT2D eigenvalue weighted by molar-refractivity contribution is 0.601. The number of nitrogens with two attached hydrogens (primary N) is 1. The van der Waals surface area contributed by atoms with Crippen molar-refractivity contribution in [2.45, 2.75) is 11.8 Å². The molecule has 0 saturated heterocycles. The van der Waals surface area contributed by atoms with Gasteiger partial charge >= 0.3 is 0 Å². The van der Waals surface area contributed by atoms with Gasteiger partial charge in [-0.05, 0) is 48.9 Å². The van der Waals surface area contributed by atoms with E-state index in [9.17, 15) is 12.8 Å². The molecule has 20 heavy (non-hydrogen) atoms. The van der Waals surface area contributed by atoms with Gasteiger partial charge in [-0.15, -0.1) is 0 Å². The second-order valence-electron chi connectivity index (χ2n) is 4.31. The summed E-state index contributed by atoms with van der Waals surface area (Å²) in [6.45, 7) is 1.66. The molecule has 2 aromatic carbocycles. The Morgan fingerprint density at radius 1 is 1.20 bits per heavy atom. The highest BCUT2D eigenvalue weighted by Crippen LogP contribution is 2.26. The molecule has 0 atom stereocenters. The average Bonchev–Trinajstić information content (AvgIpc) is 2.30. The third kappa shape index (κ3) is 3.20. The first-order chi connectivity index (χ1) is 9.28. The largest absolute Gasteiger partial charge is 0.399 e. The van der Waals surface area contributed by atoms with Gasteiger partial charge in [0.2, 0.25) is 0 Å². The van der Waals surface area contributed by atoms with Gasteiger partial charge in [0, 0.05) is 5.69 Å². The Bertz CT molecular complexity index is 743. The van der Waals surface area contributed by atoms with Crippen molar-refractivity contribution >= 4 is 33.0 Å². The minimum absolute atomic E-state index is 0.0415. The Kier molecular flexibility index (Phi) is 3.87. The normalized spacial score (nSPS) is 11.3. The summed E-state index contributed by atoms with van der Waals surface area (Å²) in [4.78, 5) is -0.152. The second kappa shape index (κ2) is 5.30. The van der Waals surface area contributed by atoms with Crippen molar-refractivity contribution in [1.82, 2.24) is 0 Å².